The summed E-state index contributed by atoms with van der Waals surface area (Å²) in [7, 11) is 1.63. The topological polar surface area (TPSA) is 45.6 Å². The van der Waals surface area contributed by atoms with Gasteiger partial charge in [-0.2, -0.15) is 0 Å². The third-order valence-corrected chi connectivity index (χ3v) is 8.47. The highest BCUT2D eigenvalue weighted by Gasteiger charge is 2.33. The second-order valence-electron chi connectivity index (χ2n) is 9.37. The van der Waals surface area contributed by atoms with Crippen molar-refractivity contribution in [2.24, 2.45) is 5.41 Å². The molecule has 0 radical (unpaired) electrons. The normalized spacial score (nSPS) is 15.9. The predicted molar refractivity (Wildman–Crippen MR) is 138 cm³/mol. The summed E-state index contributed by atoms with van der Waals surface area (Å²) in [4.78, 5) is 6.67. The van der Waals surface area contributed by atoms with Crippen LogP contribution in [0.15, 0.2) is 41.4 Å². The molecule has 1 N–H and O–H groups in total. The van der Waals surface area contributed by atoms with Gasteiger partial charge in [0, 0.05) is 41.4 Å². The van der Waals surface area contributed by atoms with Crippen molar-refractivity contribution in [2.45, 2.75) is 37.0 Å². The molecule has 36 heavy (non-hydrogen) atoms. The van der Waals surface area contributed by atoms with Gasteiger partial charge in [0.1, 0.15) is 11.6 Å². The average molecular weight is 539 g/mol. The minimum Gasteiger partial charge on any atom is -0.497 e. The molecule has 0 unspecified atom stereocenters. The number of aromatic nitrogens is 1. The number of likely N-dealkylation sites (tertiary alicyclic amines) is 1. The van der Waals surface area contributed by atoms with Gasteiger partial charge in [0.15, 0.2) is 11.6 Å². The van der Waals surface area contributed by atoms with Gasteiger partial charge in [-0.05, 0) is 80.4 Å². The second kappa shape index (κ2) is 12.0. The molecule has 1 aliphatic rings. The van der Waals surface area contributed by atoms with E-state index in [4.69, 9.17) is 16.3 Å². The molecule has 2 aromatic carbocycles. The van der Waals surface area contributed by atoms with E-state index in [1.54, 1.807) is 13.3 Å². The summed E-state index contributed by atoms with van der Waals surface area (Å²) in [6.45, 7) is 2.45. The minimum absolute atomic E-state index is 0.00543. The Labute approximate surface area is 218 Å². The number of methoxy groups -OCH3 is 1. The maximum Gasteiger partial charge on any atom is 0.172 e. The number of hydrogen-bond donors (Lipinski definition) is 1. The number of aliphatic hydroxyl groups excluding tert-OH is 1. The van der Waals surface area contributed by atoms with Gasteiger partial charge in [-0.1, -0.05) is 11.6 Å². The number of aryl methyl sites for hydroxylation is 1. The Morgan fingerprint density at radius 3 is 2.67 bits per heavy atom. The number of aliphatic hydroxyl groups is 1. The fraction of sp³-hybridized carbons (Fsp3) is 0.444. The van der Waals surface area contributed by atoms with Crippen molar-refractivity contribution in [2.75, 3.05) is 39.1 Å². The summed E-state index contributed by atoms with van der Waals surface area (Å²) in [5, 5.41) is 11.9. The Morgan fingerprint density at radius 2 is 1.94 bits per heavy atom. The molecule has 0 atom stereocenters. The van der Waals surface area contributed by atoms with Crippen molar-refractivity contribution < 1.29 is 23.0 Å². The van der Waals surface area contributed by atoms with Crippen LogP contribution in [0.2, 0.25) is 5.02 Å². The van der Waals surface area contributed by atoms with Crippen LogP contribution in [0.3, 0.4) is 0 Å². The van der Waals surface area contributed by atoms with Crippen LogP contribution < -0.4 is 4.74 Å². The quantitative estimate of drug-likeness (QED) is 0.236. The van der Waals surface area contributed by atoms with Gasteiger partial charge in [-0.15, -0.1) is 11.8 Å². The van der Waals surface area contributed by atoms with Crippen LogP contribution in [-0.2, 0) is 6.42 Å². The van der Waals surface area contributed by atoms with Gasteiger partial charge in [-0.3, -0.25) is 4.98 Å². The molecule has 0 amide bonds. The number of ether oxygens (including phenoxy) is 1. The highest BCUT2D eigenvalue weighted by Crippen LogP contribution is 2.37. The average Bonchev–Trinajstić information content (AvgIpc) is 2.88. The number of rotatable bonds is 10. The number of halogens is 4. The zero-order chi connectivity index (χ0) is 25.7. The molecular weight excluding hydrogens is 509 g/mol. The molecule has 9 heteroatoms. The first-order valence-electron chi connectivity index (χ1n) is 12.1. The maximum atomic E-state index is 13.9. The van der Waals surface area contributed by atoms with Crippen LogP contribution in [0.1, 0.15) is 31.2 Å². The molecule has 1 aliphatic heterocycles. The molecule has 0 saturated carbocycles. The maximum absolute atomic E-state index is 13.9. The van der Waals surface area contributed by atoms with E-state index in [1.165, 1.54) is 0 Å². The largest absolute Gasteiger partial charge is 0.497 e. The van der Waals surface area contributed by atoms with Crippen LogP contribution >= 0.6 is 23.4 Å². The fourth-order valence-corrected chi connectivity index (χ4v) is 6.12. The highest BCUT2D eigenvalue weighted by molar-refractivity contribution is 7.99. The fourth-order valence-electron chi connectivity index (χ4n) is 4.88. The van der Waals surface area contributed by atoms with Crippen molar-refractivity contribution in [3.8, 4) is 5.75 Å². The third kappa shape index (κ3) is 6.28. The number of benzene rings is 2. The van der Waals surface area contributed by atoms with Crippen molar-refractivity contribution in [1.82, 2.24) is 9.88 Å². The van der Waals surface area contributed by atoms with Crippen molar-refractivity contribution in [3.63, 3.8) is 0 Å². The van der Waals surface area contributed by atoms with Crippen molar-refractivity contribution >= 4 is 34.3 Å². The summed E-state index contributed by atoms with van der Waals surface area (Å²) in [5.41, 5.74) is 1.78. The molecule has 1 saturated heterocycles. The van der Waals surface area contributed by atoms with E-state index in [0.717, 1.165) is 85.2 Å². The van der Waals surface area contributed by atoms with E-state index in [2.05, 4.69) is 9.88 Å². The Bertz CT molecular complexity index is 1210. The molecule has 4 nitrogen and oxygen atoms in total. The summed E-state index contributed by atoms with van der Waals surface area (Å²) in [6, 6.07) is 7.36. The highest BCUT2D eigenvalue weighted by atomic mass is 35.5. The van der Waals surface area contributed by atoms with Crippen LogP contribution in [0.25, 0.3) is 10.9 Å². The Morgan fingerprint density at radius 1 is 1.17 bits per heavy atom. The van der Waals surface area contributed by atoms with E-state index in [9.17, 15) is 18.3 Å². The molecule has 1 aromatic heterocycles. The smallest absolute Gasteiger partial charge is 0.172 e. The molecule has 1 fully saturated rings. The SMILES string of the molecule is COc1ccc2ncc(Cl)c(CCCC3(CO)CCN(CCSc4cc(F)cc(F)c4F)CC3)c2c1. The van der Waals surface area contributed by atoms with E-state index >= 15 is 0 Å². The number of hydrogen-bond acceptors (Lipinski definition) is 5. The van der Waals surface area contributed by atoms with Crippen LogP contribution in [0.4, 0.5) is 13.2 Å². The number of nitrogens with zero attached hydrogens (tertiary/aromatic N) is 2. The zero-order valence-corrected chi connectivity index (χ0v) is 21.8. The number of piperidine rings is 1. The van der Waals surface area contributed by atoms with Crippen LogP contribution in [0, 0.1) is 22.9 Å². The molecular formula is C27H30ClF3N2O2S. The van der Waals surface area contributed by atoms with Crippen molar-refractivity contribution in [1.29, 1.82) is 0 Å². The van der Waals surface area contributed by atoms with E-state index in [0.29, 0.717) is 23.4 Å². The van der Waals surface area contributed by atoms with E-state index in [-0.39, 0.29) is 16.9 Å². The van der Waals surface area contributed by atoms with Gasteiger partial charge >= 0.3 is 0 Å². The molecule has 0 aliphatic carbocycles. The standard InChI is InChI=1S/C27H30ClF3N2O2S/c1-35-19-4-5-24-21(15-19)20(22(28)16-32-24)3-2-6-27(17-34)7-9-33(10-8-27)11-12-36-25-14-18(29)13-23(30)26(25)31/h4-5,13-16,34H,2-3,6-12,17H2,1H3. The van der Waals surface area contributed by atoms with Crippen LogP contribution in [0.5, 0.6) is 5.75 Å². The summed E-state index contributed by atoms with van der Waals surface area (Å²) < 4.78 is 46.0. The molecule has 0 spiro atoms. The second-order valence-corrected chi connectivity index (χ2v) is 10.9. The first kappa shape index (κ1) is 27.0. The number of thioether (sulfide) groups is 1. The Kier molecular flexibility index (Phi) is 9.04. The van der Waals surface area contributed by atoms with Gasteiger partial charge in [0.2, 0.25) is 0 Å². The van der Waals surface area contributed by atoms with Gasteiger partial charge in [0.25, 0.3) is 0 Å². The van der Waals surface area contributed by atoms with Gasteiger partial charge < -0.3 is 14.7 Å². The number of pyridine rings is 1. The lowest BCUT2D eigenvalue weighted by molar-refractivity contribution is 0.0378. The van der Waals surface area contributed by atoms with E-state index < -0.39 is 17.5 Å². The lowest BCUT2D eigenvalue weighted by atomic mass is 9.75. The van der Waals surface area contributed by atoms with Crippen LogP contribution in [-0.4, -0.2) is 54.1 Å². The number of fused-ring (bicyclic) bond motifs is 1. The Hall–Kier alpha value is -2.00. The summed E-state index contributed by atoms with van der Waals surface area (Å²) in [5.74, 6) is -1.65. The van der Waals surface area contributed by atoms with E-state index in [1.807, 2.05) is 18.2 Å². The Balaban J connectivity index is 1.30. The monoisotopic (exact) mass is 538 g/mol. The lowest BCUT2D eigenvalue weighted by Crippen LogP contribution is -2.42. The summed E-state index contributed by atoms with van der Waals surface area (Å²) >= 11 is 7.62. The third-order valence-electron chi connectivity index (χ3n) is 7.14. The first-order valence-corrected chi connectivity index (χ1v) is 13.4. The minimum atomic E-state index is -1.16. The molecule has 4 rings (SSSR count). The first-order chi connectivity index (χ1) is 17.3. The molecule has 2 heterocycles. The molecule has 3 aromatic rings. The zero-order valence-electron chi connectivity index (χ0n) is 20.2. The molecule has 194 valence electrons. The lowest BCUT2D eigenvalue weighted by Gasteiger charge is -2.41. The predicted octanol–water partition coefficient (Wildman–Crippen LogP) is 6.50. The van der Waals surface area contributed by atoms with Crippen molar-refractivity contribution in [3.05, 3.63) is 64.6 Å². The molecule has 0 bridgehead atoms. The van der Waals surface area contributed by atoms with Gasteiger partial charge in [0.05, 0.1) is 17.6 Å². The van der Waals surface area contributed by atoms with Gasteiger partial charge in [-0.25, -0.2) is 13.2 Å². The summed E-state index contributed by atoms with van der Waals surface area (Å²) in [6.07, 6.45) is 5.95.